The standard InChI is InChI=1S/C15H13BrF2O/c16-12-4-11(6-14(18)9-12)8-15(19)7-10-2-1-3-13(17)5-10/h1-6,9,15,19H,7-8H2. The van der Waals surface area contributed by atoms with Crippen LogP contribution in [0.3, 0.4) is 0 Å². The highest BCUT2D eigenvalue weighted by Gasteiger charge is 2.09. The first-order valence-electron chi connectivity index (χ1n) is 5.90. The zero-order valence-corrected chi connectivity index (χ0v) is 11.7. The van der Waals surface area contributed by atoms with Crippen LogP contribution < -0.4 is 0 Å². The van der Waals surface area contributed by atoms with Crippen molar-refractivity contribution in [1.82, 2.24) is 0 Å². The molecule has 100 valence electrons. The summed E-state index contributed by atoms with van der Waals surface area (Å²) in [5.41, 5.74) is 1.43. The second-order valence-electron chi connectivity index (χ2n) is 4.47. The quantitative estimate of drug-likeness (QED) is 0.904. The Hall–Kier alpha value is -1.26. The van der Waals surface area contributed by atoms with E-state index in [-0.39, 0.29) is 11.6 Å². The maximum atomic E-state index is 13.2. The minimum Gasteiger partial charge on any atom is -0.392 e. The summed E-state index contributed by atoms with van der Waals surface area (Å²) in [5, 5.41) is 9.97. The summed E-state index contributed by atoms with van der Waals surface area (Å²) in [6.07, 6.45) is -0.00539. The van der Waals surface area contributed by atoms with E-state index < -0.39 is 6.10 Å². The molecule has 0 aliphatic rings. The first-order valence-corrected chi connectivity index (χ1v) is 6.70. The molecule has 1 nitrogen and oxygen atoms in total. The molecule has 0 bridgehead atoms. The maximum absolute atomic E-state index is 13.2. The molecule has 1 atom stereocenters. The lowest BCUT2D eigenvalue weighted by molar-refractivity contribution is 0.175. The molecule has 0 aliphatic carbocycles. The molecule has 19 heavy (non-hydrogen) atoms. The van der Waals surface area contributed by atoms with Crippen LogP contribution in [0.15, 0.2) is 46.9 Å². The fourth-order valence-electron chi connectivity index (χ4n) is 2.01. The van der Waals surface area contributed by atoms with Gasteiger partial charge in [-0.25, -0.2) is 8.78 Å². The Morgan fingerprint density at radius 1 is 0.947 bits per heavy atom. The maximum Gasteiger partial charge on any atom is 0.124 e. The van der Waals surface area contributed by atoms with E-state index in [1.54, 1.807) is 18.2 Å². The third kappa shape index (κ3) is 4.40. The van der Waals surface area contributed by atoms with Crippen LogP contribution in [0.5, 0.6) is 0 Å². The molecule has 0 aromatic heterocycles. The predicted octanol–water partition coefficient (Wildman–Crippen LogP) is 3.87. The Labute approximate surface area is 119 Å². The van der Waals surface area contributed by atoms with Gasteiger partial charge < -0.3 is 5.11 Å². The number of aliphatic hydroxyl groups is 1. The van der Waals surface area contributed by atoms with Gasteiger partial charge in [0.15, 0.2) is 0 Å². The van der Waals surface area contributed by atoms with Crippen molar-refractivity contribution in [3.8, 4) is 0 Å². The van der Waals surface area contributed by atoms with E-state index in [0.29, 0.717) is 22.9 Å². The first kappa shape index (κ1) is 14.2. The Kier molecular flexibility index (Phi) is 4.66. The lowest BCUT2D eigenvalue weighted by atomic mass is 10.0. The molecule has 1 N–H and O–H groups in total. The number of hydrogen-bond donors (Lipinski definition) is 1. The molecule has 0 aliphatic heterocycles. The monoisotopic (exact) mass is 326 g/mol. The van der Waals surface area contributed by atoms with Gasteiger partial charge in [-0.3, -0.25) is 0 Å². The van der Waals surface area contributed by atoms with Crippen molar-refractivity contribution in [2.45, 2.75) is 18.9 Å². The molecular weight excluding hydrogens is 314 g/mol. The highest BCUT2D eigenvalue weighted by molar-refractivity contribution is 9.10. The van der Waals surface area contributed by atoms with Crippen LogP contribution in [-0.4, -0.2) is 11.2 Å². The lowest BCUT2D eigenvalue weighted by Gasteiger charge is -2.11. The molecule has 0 fully saturated rings. The van der Waals surface area contributed by atoms with Crippen LogP contribution in [0.2, 0.25) is 0 Å². The molecule has 2 aromatic carbocycles. The zero-order chi connectivity index (χ0) is 13.8. The van der Waals surface area contributed by atoms with Crippen LogP contribution in [0.25, 0.3) is 0 Å². The van der Waals surface area contributed by atoms with Gasteiger partial charge in [0, 0.05) is 4.47 Å². The molecule has 0 saturated heterocycles. The highest BCUT2D eigenvalue weighted by Crippen LogP contribution is 2.17. The van der Waals surface area contributed by atoms with Gasteiger partial charge in [-0.1, -0.05) is 28.1 Å². The number of benzene rings is 2. The van der Waals surface area contributed by atoms with Crippen molar-refractivity contribution < 1.29 is 13.9 Å². The Bertz CT molecular complexity index is 552. The van der Waals surface area contributed by atoms with E-state index >= 15 is 0 Å². The second kappa shape index (κ2) is 6.26. The van der Waals surface area contributed by atoms with Crippen molar-refractivity contribution in [2.75, 3.05) is 0 Å². The van der Waals surface area contributed by atoms with E-state index in [1.165, 1.54) is 24.3 Å². The van der Waals surface area contributed by atoms with Gasteiger partial charge in [0.1, 0.15) is 11.6 Å². The average Bonchev–Trinajstić information content (AvgIpc) is 2.26. The average molecular weight is 327 g/mol. The molecule has 2 aromatic rings. The van der Waals surface area contributed by atoms with Gasteiger partial charge in [-0.15, -0.1) is 0 Å². The molecule has 0 radical (unpaired) electrons. The smallest absolute Gasteiger partial charge is 0.124 e. The van der Waals surface area contributed by atoms with Crippen molar-refractivity contribution in [2.24, 2.45) is 0 Å². The Balaban J connectivity index is 2.03. The summed E-state index contributed by atoms with van der Waals surface area (Å²) in [6.45, 7) is 0. The van der Waals surface area contributed by atoms with Crippen LogP contribution in [0, 0.1) is 11.6 Å². The lowest BCUT2D eigenvalue weighted by Crippen LogP contribution is -2.14. The Morgan fingerprint density at radius 3 is 2.32 bits per heavy atom. The van der Waals surface area contributed by atoms with E-state index in [0.717, 1.165) is 5.56 Å². The Morgan fingerprint density at radius 2 is 1.63 bits per heavy atom. The molecule has 4 heteroatoms. The summed E-state index contributed by atoms with van der Waals surface area (Å²) in [5.74, 6) is -0.666. The zero-order valence-electron chi connectivity index (χ0n) is 10.1. The topological polar surface area (TPSA) is 20.2 Å². The van der Waals surface area contributed by atoms with Gasteiger partial charge in [0.2, 0.25) is 0 Å². The second-order valence-corrected chi connectivity index (χ2v) is 5.39. The predicted molar refractivity (Wildman–Crippen MR) is 73.9 cm³/mol. The summed E-state index contributed by atoms with van der Waals surface area (Å²) in [4.78, 5) is 0. The number of aliphatic hydroxyl groups excluding tert-OH is 1. The van der Waals surface area contributed by atoms with Crippen LogP contribution in [0.4, 0.5) is 8.78 Å². The fourth-order valence-corrected chi connectivity index (χ4v) is 2.52. The van der Waals surface area contributed by atoms with Crippen molar-refractivity contribution in [3.05, 3.63) is 69.7 Å². The van der Waals surface area contributed by atoms with E-state index in [2.05, 4.69) is 15.9 Å². The SMILES string of the molecule is OC(Cc1cccc(F)c1)Cc1cc(F)cc(Br)c1. The van der Waals surface area contributed by atoms with Gasteiger partial charge in [0.05, 0.1) is 6.10 Å². The fraction of sp³-hybridized carbons (Fsp3) is 0.200. The summed E-state index contributed by atoms with van der Waals surface area (Å²) in [6, 6.07) is 10.6. The number of hydrogen-bond acceptors (Lipinski definition) is 1. The van der Waals surface area contributed by atoms with Crippen LogP contribution in [-0.2, 0) is 12.8 Å². The van der Waals surface area contributed by atoms with Gasteiger partial charge >= 0.3 is 0 Å². The highest BCUT2D eigenvalue weighted by atomic mass is 79.9. The van der Waals surface area contributed by atoms with E-state index in [1.807, 2.05) is 0 Å². The third-order valence-electron chi connectivity index (χ3n) is 2.75. The van der Waals surface area contributed by atoms with Crippen LogP contribution in [0.1, 0.15) is 11.1 Å². The molecule has 1 unspecified atom stereocenters. The van der Waals surface area contributed by atoms with Crippen molar-refractivity contribution in [3.63, 3.8) is 0 Å². The molecular formula is C15H13BrF2O. The third-order valence-corrected chi connectivity index (χ3v) is 3.21. The number of halogens is 3. The summed E-state index contributed by atoms with van der Waals surface area (Å²) < 4.78 is 26.8. The molecule has 0 saturated carbocycles. The minimum atomic E-state index is -0.671. The van der Waals surface area contributed by atoms with Crippen molar-refractivity contribution >= 4 is 15.9 Å². The van der Waals surface area contributed by atoms with Gasteiger partial charge in [0.25, 0.3) is 0 Å². The molecule has 0 heterocycles. The first-order chi connectivity index (χ1) is 9.02. The minimum absolute atomic E-state index is 0.321. The normalized spacial score (nSPS) is 12.4. The molecule has 0 spiro atoms. The number of rotatable bonds is 4. The van der Waals surface area contributed by atoms with Gasteiger partial charge in [-0.2, -0.15) is 0 Å². The molecule has 0 amide bonds. The summed E-state index contributed by atoms with van der Waals surface area (Å²) in [7, 11) is 0. The van der Waals surface area contributed by atoms with E-state index in [4.69, 9.17) is 0 Å². The van der Waals surface area contributed by atoms with Gasteiger partial charge in [-0.05, 0) is 54.3 Å². The van der Waals surface area contributed by atoms with Crippen LogP contribution >= 0.6 is 15.9 Å². The van der Waals surface area contributed by atoms with Crippen molar-refractivity contribution in [1.29, 1.82) is 0 Å². The molecule has 2 rings (SSSR count). The van der Waals surface area contributed by atoms with E-state index in [9.17, 15) is 13.9 Å². The summed E-state index contributed by atoms with van der Waals surface area (Å²) >= 11 is 3.21. The largest absolute Gasteiger partial charge is 0.392 e.